The summed E-state index contributed by atoms with van der Waals surface area (Å²) in [7, 11) is 0. The van der Waals surface area contributed by atoms with Gasteiger partial charge in [0, 0.05) is 18.5 Å². The Hall–Kier alpha value is -0.680. The number of nitrogens with one attached hydrogen (secondary N) is 1. The fourth-order valence-electron chi connectivity index (χ4n) is 2.30. The molecule has 1 aromatic rings. The van der Waals surface area contributed by atoms with Crippen LogP contribution in [0.2, 0.25) is 0 Å². The predicted octanol–water partition coefficient (Wildman–Crippen LogP) is 2.26. The molecule has 0 spiro atoms. The Kier molecular flexibility index (Phi) is 3.68. The topological polar surface area (TPSA) is 46.9 Å². The standard InChI is InChI=1S/C12H18BrN3O/c1-7(2)16-11(10(13)6-15-16)12(17)9-5-14-4-8(9)3/h6-9,14H,4-5H2,1-3H3. The summed E-state index contributed by atoms with van der Waals surface area (Å²) in [6, 6.07) is 0.199. The Labute approximate surface area is 110 Å². The van der Waals surface area contributed by atoms with Crippen molar-refractivity contribution in [2.45, 2.75) is 26.8 Å². The summed E-state index contributed by atoms with van der Waals surface area (Å²) in [4.78, 5) is 12.5. The van der Waals surface area contributed by atoms with Crippen LogP contribution < -0.4 is 5.32 Å². The van der Waals surface area contributed by atoms with Gasteiger partial charge in [0.2, 0.25) is 0 Å². The molecule has 0 radical (unpaired) electrons. The van der Waals surface area contributed by atoms with E-state index in [0.717, 1.165) is 17.6 Å². The molecule has 1 aliphatic heterocycles. The molecule has 0 aliphatic carbocycles. The van der Waals surface area contributed by atoms with Gasteiger partial charge in [-0.05, 0) is 42.2 Å². The lowest BCUT2D eigenvalue weighted by Crippen LogP contribution is -2.25. The number of Topliss-reactive ketones (excluding diaryl/α,β-unsaturated/α-hetero) is 1. The molecule has 1 aliphatic rings. The number of carbonyl (C=O) groups excluding carboxylic acids is 1. The van der Waals surface area contributed by atoms with E-state index in [4.69, 9.17) is 0 Å². The molecule has 0 bridgehead atoms. The number of hydrogen-bond acceptors (Lipinski definition) is 3. The highest BCUT2D eigenvalue weighted by Gasteiger charge is 2.33. The van der Waals surface area contributed by atoms with Crippen LogP contribution in [0.1, 0.15) is 37.3 Å². The molecule has 0 amide bonds. The number of nitrogens with zero attached hydrogens (tertiary/aromatic N) is 2. The van der Waals surface area contributed by atoms with Crippen LogP contribution in [-0.2, 0) is 0 Å². The highest BCUT2D eigenvalue weighted by molar-refractivity contribution is 9.10. The van der Waals surface area contributed by atoms with Crippen molar-refractivity contribution in [3.05, 3.63) is 16.4 Å². The molecule has 17 heavy (non-hydrogen) atoms. The van der Waals surface area contributed by atoms with E-state index >= 15 is 0 Å². The van der Waals surface area contributed by atoms with Gasteiger partial charge >= 0.3 is 0 Å². The maximum absolute atomic E-state index is 12.5. The lowest BCUT2D eigenvalue weighted by atomic mass is 9.92. The van der Waals surface area contributed by atoms with Crippen molar-refractivity contribution in [2.75, 3.05) is 13.1 Å². The molecule has 4 nitrogen and oxygen atoms in total. The quantitative estimate of drug-likeness (QED) is 0.871. The van der Waals surface area contributed by atoms with Crippen LogP contribution in [0, 0.1) is 11.8 Å². The van der Waals surface area contributed by atoms with Crippen molar-refractivity contribution < 1.29 is 4.79 Å². The summed E-state index contributed by atoms with van der Waals surface area (Å²) >= 11 is 3.43. The van der Waals surface area contributed by atoms with Crippen LogP contribution in [0.5, 0.6) is 0 Å². The third-order valence-corrected chi connectivity index (χ3v) is 3.91. The van der Waals surface area contributed by atoms with Crippen molar-refractivity contribution in [1.29, 1.82) is 0 Å². The van der Waals surface area contributed by atoms with Crippen LogP contribution in [0.25, 0.3) is 0 Å². The van der Waals surface area contributed by atoms with Crippen LogP contribution >= 0.6 is 15.9 Å². The lowest BCUT2D eigenvalue weighted by Gasteiger charge is -2.16. The molecular formula is C12H18BrN3O. The van der Waals surface area contributed by atoms with E-state index in [1.165, 1.54) is 0 Å². The van der Waals surface area contributed by atoms with Crippen molar-refractivity contribution in [1.82, 2.24) is 15.1 Å². The molecule has 1 saturated heterocycles. The van der Waals surface area contributed by atoms with E-state index in [1.807, 2.05) is 13.8 Å². The molecule has 5 heteroatoms. The minimum absolute atomic E-state index is 0.0699. The zero-order valence-corrected chi connectivity index (χ0v) is 12.0. The second-order valence-electron chi connectivity index (χ2n) is 4.99. The summed E-state index contributed by atoms with van der Waals surface area (Å²) in [5.74, 6) is 0.658. The second kappa shape index (κ2) is 4.90. The summed E-state index contributed by atoms with van der Waals surface area (Å²) in [6.45, 7) is 7.88. The first kappa shape index (κ1) is 12.8. The summed E-state index contributed by atoms with van der Waals surface area (Å²) in [6.07, 6.45) is 1.71. The molecule has 1 fully saturated rings. The van der Waals surface area contributed by atoms with E-state index < -0.39 is 0 Å². The largest absolute Gasteiger partial charge is 0.316 e. The van der Waals surface area contributed by atoms with Crippen molar-refractivity contribution in [3.8, 4) is 0 Å². The average Bonchev–Trinajstić information content (AvgIpc) is 2.83. The predicted molar refractivity (Wildman–Crippen MR) is 70.2 cm³/mol. The van der Waals surface area contributed by atoms with Crippen molar-refractivity contribution >= 4 is 21.7 Å². The fourth-order valence-corrected chi connectivity index (χ4v) is 2.77. The van der Waals surface area contributed by atoms with Gasteiger partial charge in [-0.2, -0.15) is 5.10 Å². The molecule has 1 N–H and O–H groups in total. The SMILES string of the molecule is CC1CNCC1C(=O)c1c(Br)cnn1C(C)C. The van der Waals surface area contributed by atoms with Crippen LogP contribution in [0.3, 0.4) is 0 Å². The third kappa shape index (κ3) is 2.31. The van der Waals surface area contributed by atoms with Gasteiger partial charge in [0.05, 0.1) is 10.7 Å². The van der Waals surface area contributed by atoms with E-state index in [2.05, 4.69) is 33.3 Å². The van der Waals surface area contributed by atoms with Gasteiger partial charge in [-0.15, -0.1) is 0 Å². The first-order chi connectivity index (χ1) is 8.02. The Morgan fingerprint density at radius 1 is 1.59 bits per heavy atom. The molecule has 0 aromatic carbocycles. The van der Waals surface area contributed by atoms with Crippen molar-refractivity contribution in [2.24, 2.45) is 11.8 Å². The number of rotatable bonds is 3. The molecule has 2 heterocycles. The number of ketones is 1. The first-order valence-corrected chi connectivity index (χ1v) is 6.79. The van der Waals surface area contributed by atoms with Crippen molar-refractivity contribution in [3.63, 3.8) is 0 Å². The van der Waals surface area contributed by atoms with Gasteiger partial charge in [0.15, 0.2) is 5.78 Å². The smallest absolute Gasteiger partial charge is 0.186 e. The fraction of sp³-hybridized carbons (Fsp3) is 0.667. The average molecular weight is 300 g/mol. The Morgan fingerprint density at radius 2 is 2.29 bits per heavy atom. The second-order valence-corrected chi connectivity index (χ2v) is 5.84. The molecule has 2 rings (SSSR count). The maximum Gasteiger partial charge on any atom is 0.186 e. The van der Waals surface area contributed by atoms with Crippen LogP contribution in [-0.4, -0.2) is 28.7 Å². The van der Waals surface area contributed by atoms with Crippen LogP contribution in [0.4, 0.5) is 0 Å². The maximum atomic E-state index is 12.5. The normalized spacial score (nSPS) is 24.5. The van der Waals surface area contributed by atoms with Gasteiger partial charge in [-0.1, -0.05) is 6.92 Å². The Bertz CT molecular complexity index is 427. The number of hydrogen-bond donors (Lipinski definition) is 1. The first-order valence-electron chi connectivity index (χ1n) is 6.00. The number of aromatic nitrogens is 2. The third-order valence-electron chi connectivity index (χ3n) is 3.33. The van der Waals surface area contributed by atoms with Gasteiger partial charge < -0.3 is 5.32 Å². The van der Waals surface area contributed by atoms with E-state index in [9.17, 15) is 4.79 Å². The molecule has 2 atom stereocenters. The minimum Gasteiger partial charge on any atom is -0.316 e. The number of carbonyl (C=O) groups is 1. The zero-order chi connectivity index (χ0) is 12.6. The number of halogens is 1. The molecule has 0 saturated carbocycles. The Morgan fingerprint density at radius 3 is 2.82 bits per heavy atom. The van der Waals surface area contributed by atoms with Crippen LogP contribution in [0.15, 0.2) is 10.7 Å². The zero-order valence-electron chi connectivity index (χ0n) is 10.4. The molecule has 94 valence electrons. The Balaban J connectivity index is 2.33. The molecule has 1 aromatic heterocycles. The monoisotopic (exact) mass is 299 g/mol. The highest BCUT2D eigenvalue weighted by atomic mass is 79.9. The van der Waals surface area contributed by atoms with Gasteiger partial charge in [-0.3, -0.25) is 9.48 Å². The summed E-state index contributed by atoms with van der Waals surface area (Å²) < 4.78 is 2.60. The minimum atomic E-state index is 0.0699. The van der Waals surface area contributed by atoms with E-state index in [1.54, 1.807) is 10.9 Å². The summed E-state index contributed by atoms with van der Waals surface area (Å²) in [5, 5.41) is 7.53. The van der Waals surface area contributed by atoms with Gasteiger partial charge in [-0.25, -0.2) is 0 Å². The van der Waals surface area contributed by atoms with Gasteiger partial charge in [0.25, 0.3) is 0 Å². The molecular weight excluding hydrogens is 282 g/mol. The van der Waals surface area contributed by atoms with E-state index in [-0.39, 0.29) is 17.7 Å². The van der Waals surface area contributed by atoms with Gasteiger partial charge in [0.1, 0.15) is 5.69 Å². The summed E-state index contributed by atoms with van der Waals surface area (Å²) in [5.41, 5.74) is 0.709. The molecule has 2 unspecified atom stereocenters. The lowest BCUT2D eigenvalue weighted by molar-refractivity contribution is 0.0893. The highest BCUT2D eigenvalue weighted by Crippen LogP contribution is 2.27. The van der Waals surface area contributed by atoms with E-state index in [0.29, 0.717) is 11.6 Å².